The zero-order valence-electron chi connectivity index (χ0n) is 28.4. The van der Waals surface area contributed by atoms with Gasteiger partial charge in [-0.05, 0) is 93.8 Å². The molecular weight excluding hydrogens is 554 g/mol. The monoisotopic (exact) mass is 615 g/mol. The Bertz CT molecular complexity index is 1050. The zero-order chi connectivity index (χ0) is 30.9. The number of allylic oxidation sites excluding steroid dienone is 2. The fraction of sp³-hybridized carbons (Fsp3) is 0.892. The van der Waals surface area contributed by atoms with Gasteiger partial charge in [0.05, 0.1) is 64.1 Å². The Morgan fingerprint density at radius 1 is 0.977 bits per heavy atom. The SMILES string of the molecule is COCCOCCOCCOCCN1C[C@@H](C)C[C@H]2O[C@]3(CC[C@@H]4C(=C(C)C3)C[C@H]3C4CCC4=C[C@@H](O)CC[C@@]43C)[C@H](C)[C@@H]21. The van der Waals surface area contributed by atoms with Crippen LogP contribution in [0.25, 0.3) is 0 Å². The molecule has 0 amide bonds. The molecule has 0 aromatic carbocycles. The molecule has 0 radical (unpaired) electrons. The molecule has 44 heavy (non-hydrogen) atoms. The van der Waals surface area contributed by atoms with Gasteiger partial charge in [-0.3, -0.25) is 4.90 Å². The minimum absolute atomic E-state index is 0.0346. The Kier molecular flexibility index (Phi) is 10.6. The third-order valence-corrected chi connectivity index (χ3v) is 13.0. The van der Waals surface area contributed by atoms with E-state index in [-0.39, 0.29) is 17.1 Å². The molecule has 2 aliphatic heterocycles. The van der Waals surface area contributed by atoms with Crippen LogP contribution >= 0.6 is 0 Å². The summed E-state index contributed by atoms with van der Waals surface area (Å²) in [6, 6.07) is 0.480. The highest BCUT2D eigenvalue weighted by atomic mass is 16.6. The molecule has 1 unspecified atom stereocenters. The number of fused-ring (bicyclic) bond motifs is 6. The summed E-state index contributed by atoms with van der Waals surface area (Å²) in [6.45, 7) is 16.4. The third kappa shape index (κ3) is 6.50. The highest BCUT2D eigenvalue weighted by molar-refractivity contribution is 5.33. The van der Waals surface area contributed by atoms with E-state index in [1.165, 1.54) is 38.5 Å². The first-order valence-corrected chi connectivity index (χ1v) is 18.0. The molecule has 10 atom stereocenters. The van der Waals surface area contributed by atoms with Crippen LogP contribution in [0, 0.1) is 35.0 Å². The number of rotatable bonds is 12. The molecule has 7 nitrogen and oxygen atoms in total. The number of hydrogen-bond acceptors (Lipinski definition) is 7. The van der Waals surface area contributed by atoms with Gasteiger partial charge in [-0.15, -0.1) is 0 Å². The average molecular weight is 616 g/mol. The lowest BCUT2D eigenvalue weighted by molar-refractivity contribution is -0.0807. The number of aliphatic hydroxyl groups is 1. The predicted octanol–water partition coefficient (Wildman–Crippen LogP) is 5.80. The van der Waals surface area contributed by atoms with E-state index < -0.39 is 0 Å². The van der Waals surface area contributed by atoms with Gasteiger partial charge in [0.2, 0.25) is 0 Å². The van der Waals surface area contributed by atoms with Gasteiger partial charge in [0, 0.05) is 32.2 Å². The first kappa shape index (κ1) is 33.1. The van der Waals surface area contributed by atoms with Crippen molar-refractivity contribution in [3.8, 4) is 0 Å². The first-order valence-electron chi connectivity index (χ1n) is 18.0. The summed E-state index contributed by atoms with van der Waals surface area (Å²) in [7, 11) is 1.68. The predicted molar refractivity (Wildman–Crippen MR) is 173 cm³/mol. The average Bonchev–Trinajstić information content (AvgIpc) is 3.46. The Labute approximate surface area is 267 Å². The molecule has 2 saturated heterocycles. The highest BCUT2D eigenvalue weighted by Crippen LogP contribution is 2.64. The summed E-state index contributed by atoms with van der Waals surface area (Å²) < 4.78 is 29.4. The van der Waals surface area contributed by atoms with Gasteiger partial charge in [-0.2, -0.15) is 0 Å². The lowest BCUT2D eigenvalue weighted by atomic mass is 9.56. The van der Waals surface area contributed by atoms with E-state index in [0.29, 0.717) is 63.6 Å². The van der Waals surface area contributed by atoms with Crippen molar-refractivity contribution in [2.45, 2.75) is 109 Å². The number of aliphatic hydroxyl groups excluding tert-OH is 1. The van der Waals surface area contributed by atoms with Gasteiger partial charge in [-0.1, -0.05) is 43.6 Å². The van der Waals surface area contributed by atoms with Gasteiger partial charge in [-0.25, -0.2) is 0 Å². The quantitative estimate of drug-likeness (QED) is 0.220. The van der Waals surface area contributed by atoms with Crippen molar-refractivity contribution in [2.75, 3.05) is 66.4 Å². The van der Waals surface area contributed by atoms with Crippen LogP contribution in [0.3, 0.4) is 0 Å². The van der Waals surface area contributed by atoms with Crippen molar-refractivity contribution in [3.05, 3.63) is 22.8 Å². The molecule has 6 rings (SSSR count). The van der Waals surface area contributed by atoms with E-state index in [0.717, 1.165) is 56.7 Å². The smallest absolute Gasteiger partial charge is 0.0765 e. The van der Waals surface area contributed by atoms with Crippen molar-refractivity contribution in [2.24, 2.45) is 35.0 Å². The first-order chi connectivity index (χ1) is 21.3. The molecule has 0 bridgehead atoms. The van der Waals surface area contributed by atoms with E-state index in [1.54, 1.807) is 23.8 Å². The van der Waals surface area contributed by atoms with E-state index in [9.17, 15) is 5.11 Å². The van der Waals surface area contributed by atoms with E-state index in [4.69, 9.17) is 23.7 Å². The van der Waals surface area contributed by atoms with E-state index >= 15 is 0 Å². The van der Waals surface area contributed by atoms with Crippen LogP contribution in [0.1, 0.15) is 85.5 Å². The van der Waals surface area contributed by atoms with E-state index in [2.05, 4.69) is 38.7 Å². The van der Waals surface area contributed by atoms with Crippen molar-refractivity contribution in [1.82, 2.24) is 4.90 Å². The van der Waals surface area contributed by atoms with Crippen molar-refractivity contribution in [1.29, 1.82) is 0 Å². The second kappa shape index (κ2) is 14.1. The maximum absolute atomic E-state index is 10.4. The van der Waals surface area contributed by atoms with Gasteiger partial charge in [0.15, 0.2) is 0 Å². The van der Waals surface area contributed by atoms with Crippen LogP contribution in [0.2, 0.25) is 0 Å². The minimum Gasteiger partial charge on any atom is -0.389 e. The molecule has 4 aliphatic carbocycles. The van der Waals surface area contributed by atoms with Gasteiger partial charge < -0.3 is 28.8 Å². The summed E-state index contributed by atoms with van der Waals surface area (Å²) in [5, 5.41) is 10.4. The van der Waals surface area contributed by atoms with Crippen LogP contribution in [0.15, 0.2) is 22.8 Å². The Hall–Kier alpha value is -0.800. The highest BCUT2D eigenvalue weighted by Gasteiger charge is 2.59. The summed E-state index contributed by atoms with van der Waals surface area (Å²) in [5.41, 5.74) is 5.25. The minimum atomic E-state index is -0.225. The Morgan fingerprint density at radius 3 is 2.45 bits per heavy atom. The lowest BCUT2D eigenvalue weighted by Crippen LogP contribution is -2.52. The van der Waals surface area contributed by atoms with Crippen LogP contribution in [-0.4, -0.2) is 100 Å². The summed E-state index contributed by atoms with van der Waals surface area (Å²) >= 11 is 0. The number of hydrogen-bond donors (Lipinski definition) is 1. The number of likely N-dealkylation sites (tertiary alicyclic amines) is 1. The van der Waals surface area contributed by atoms with Crippen LogP contribution < -0.4 is 0 Å². The molecule has 1 spiro atoms. The summed E-state index contributed by atoms with van der Waals surface area (Å²) in [6.07, 6.45) is 12.9. The normalized spacial score (nSPS) is 42.1. The van der Waals surface area contributed by atoms with Crippen molar-refractivity contribution < 1.29 is 28.8 Å². The Morgan fingerprint density at radius 2 is 1.70 bits per heavy atom. The molecular formula is C37H61NO6. The summed E-state index contributed by atoms with van der Waals surface area (Å²) in [5.74, 6) is 3.44. The number of ether oxygens (including phenoxy) is 5. The molecule has 0 aromatic heterocycles. The van der Waals surface area contributed by atoms with Crippen molar-refractivity contribution >= 4 is 0 Å². The maximum Gasteiger partial charge on any atom is 0.0765 e. The van der Waals surface area contributed by atoms with Crippen LogP contribution in [0.5, 0.6) is 0 Å². The molecule has 250 valence electrons. The molecule has 4 fully saturated rings. The van der Waals surface area contributed by atoms with E-state index in [1.807, 2.05) is 0 Å². The molecule has 2 saturated carbocycles. The zero-order valence-corrected chi connectivity index (χ0v) is 28.4. The Balaban J connectivity index is 1.05. The van der Waals surface area contributed by atoms with Gasteiger partial charge in [0.1, 0.15) is 0 Å². The second-order valence-corrected chi connectivity index (χ2v) is 15.5. The lowest BCUT2D eigenvalue weighted by Gasteiger charge is -2.49. The fourth-order valence-electron chi connectivity index (χ4n) is 10.8. The van der Waals surface area contributed by atoms with Crippen molar-refractivity contribution in [3.63, 3.8) is 0 Å². The third-order valence-electron chi connectivity index (χ3n) is 13.0. The second-order valence-electron chi connectivity index (χ2n) is 15.5. The van der Waals surface area contributed by atoms with Gasteiger partial charge in [0.25, 0.3) is 0 Å². The fourth-order valence-corrected chi connectivity index (χ4v) is 10.8. The largest absolute Gasteiger partial charge is 0.389 e. The molecule has 1 N–H and O–H groups in total. The van der Waals surface area contributed by atoms with Crippen LogP contribution in [0.4, 0.5) is 0 Å². The number of nitrogens with zero attached hydrogens (tertiary/aromatic N) is 1. The summed E-state index contributed by atoms with van der Waals surface area (Å²) in [4.78, 5) is 2.71. The maximum atomic E-state index is 10.4. The topological polar surface area (TPSA) is 69.6 Å². The molecule has 7 heteroatoms. The number of piperidine rings is 1. The molecule has 2 heterocycles. The molecule has 6 aliphatic rings. The van der Waals surface area contributed by atoms with Gasteiger partial charge >= 0.3 is 0 Å². The van der Waals surface area contributed by atoms with Crippen LogP contribution in [-0.2, 0) is 23.7 Å². The number of methoxy groups -OCH3 is 1. The standard InChI is InChI=1S/C37H61NO6/c1-25-20-34-35(38(24-25)12-13-41-16-17-43-19-18-42-15-14-40-5)27(3)37(44-34)11-9-30-31-7-6-28-21-29(39)8-10-36(28,4)33(31)22-32(30)26(2)23-37/h21,25,27,29-31,33-35,39H,6-20,22-24H2,1-5H3/t25-,27+,29-,30-,31?,33-,34+,35-,36-,37-/m0/s1. The molecule has 0 aromatic rings.